The number of nitrogens with zero attached hydrogens (tertiary/aromatic N) is 2. The maximum atomic E-state index is 5.85. The van der Waals surface area contributed by atoms with Crippen LogP contribution >= 0.6 is 0 Å². The van der Waals surface area contributed by atoms with Crippen LogP contribution in [-0.4, -0.2) is 30.4 Å². The second-order valence-electron chi connectivity index (χ2n) is 4.67. The number of hydrogen-bond donors (Lipinski definition) is 1. The van der Waals surface area contributed by atoms with E-state index in [1.165, 1.54) is 16.7 Å². The van der Waals surface area contributed by atoms with Gasteiger partial charge in [-0.05, 0) is 36.2 Å². The van der Waals surface area contributed by atoms with Crippen molar-refractivity contribution in [1.82, 2.24) is 15.5 Å². The number of ether oxygens (including phenoxy) is 1. The van der Waals surface area contributed by atoms with Gasteiger partial charge in [0.2, 0.25) is 0 Å². The van der Waals surface area contributed by atoms with Crippen LogP contribution in [0.4, 0.5) is 0 Å². The third kappa shape index (κ3) is 2.37. The van der Waals surface area contributed by atoms with Crippen LogP contribution in [-0.2, 0) is 11.2 Å². The maximum absolute atomic E-state index is 5.85. The smallest absolute Gasteiger partial charge is 0.0952 e. The van der Waals surface area contributed by atoms with Crippen molar-refractivity contribution >= 4 is 0 Å². The molecule has 3 rings (SSSR count). The van der Waals surface area contributed by atoms with Gasteiger partial charge in [0.15, 0.2) is 0 Å². The summed E-state index contributed by atoms with van der Waals surface area (Å²) in [6.07, 6.45) is 4.65. The number of nitrogens with one attached hydrogen (secondary N) is 1. The molecular weight excluding hydrogens is 238 g/mol. The van der Waals surface area contributed by atoms with Crippen molar-refractivity contribution in [2.75, 3.05) is 20.2 Å². The van der Waals surface area contributed by atoms with E-state index in [9.17, 15) is 0 Å². The lowest BCUT2D eigenvalue weighted by Crippen LogP contribution is -2.25. The first-order chi connectivity index (χ1) is 9.40. The van der Waals surface area contributed by atoms with Gasteiger partial charge < -0.3 is 10.1 Å². The van der Waals surface area contributed by atoms with E-state index in [0.29, 0.717) is 0 Å². The molecular formula is C15H17N3O. The molecule has 0 unspecified atom stereocenters. The fourth-order valence-electron chi connectivity index (χ4n) is 2.65. The Balaban J connectivity index is 2.06. The van der Waals surface area contributed by atoms with E-state index >= 15 is 0 Å². The van der Waals surface area contributed by atoms with Gasteiger partial charge in [-0.1, -0.05) is 18.2 Å². The highest BCUT2D eigenvalue weighted by atomic mass is 16.5. The number of aromatic nitrogens is 2. The molecule has 1 N–H and O–H groups in total. The predicted molar refractivity (Wildman–Crippen MR) is 73.8 cm³/mol. The Morgan fingerprint density at radius 2 is 2.26 bits per heavy atom. The van der Waals surface area contributed by atoms with E-state index < -0.39 is 0 Å². The number of fused-ring (bicyclic) bond motifs is 1. The Hall–Kier alpha value is -1.78. The van der Waals surface area contributed by atoms with Gasteiger partial charge in [0.1, 0.15) is 0 Å². The molecule has 1 atom stereocenters. The van der Waals surface area contributed by atoms with Gasteiger partial charge in [-0.15, -0.1) is 0 Å². The van der Waals surface area contributed by atoms with E-state index in [0.717, 1.165) is 25.1 Å². The van der Waals surface area contributed by atoms with Gasteiger partial charge in [0.25, 0.3) is 0 Å². The number of likely N-dealkylation sites (N-methyl/N-ethyl adjacent to an activating group) is 1. The summed E-state index contributed by atoms with van der Waals surface area (Å²) in [7, 11) is 1.95. The second kappa shape index (κ2) is 5.47. The Labute approximate surface area is 112 Å². The third-order valence-electron chi connectivity index (χ3n) is 3.52. The quantitative estimate of drug-likeness (QED) is 0.911. The van der Waals surface area contributed by atoms with Gasteiger partial charge in [0, 0.05) is 12.1 Å². The van der Waals surface area contributed by atoms with Crippen molar-refractivity contribution < 1.29 is 4.74 Å². The van der Waals surface area contributed by atoms with Gasteiger partial charge in [-0.25, -0.2) is 0 Å². The molecule has 19 heavy (non-hydrogen) atoms. The standard InChI is InChI=1S/C15H17N3O/c1-16-10-15-14-4-2-3-12(13(14)6-8-19-15)11-5-7-17-18-9-11/h2-5,7,9,15-16H,6,8,10H2,1H3/t15-/m1/s1. The van der Waals surface area contributed by atoms with Gasteiger partial charge in [0.05, 0.1) is 25.1 Å². The summed E-state index contributed by atoms with van der Waals surface area (Å²) in [5.41, 5.74) is 5.03. The van der Waals surface area contributed by atoms with Gasteiger partial charge in [-0.3, -0.25) is 0 Å². The van der Waals surface area contributed by atoms with E-state index in [-0.39, 0.29) is 6.10 Å². The van der Waals surface area contributed by atoms with Crippen molar-refractivity contribution in [2.24, 2.45) is 0 Å². The molecule has 1 aliphatic rings. The van der Waals surface area contributed by atoms with E-state index in [4.69, 9.17) is 4.74 Å². The largest absolute Gasteiger partial charge is 0.372 e. The lowest BCUT2D eigenvalue weighted by atomic mass is 9.90. The summed E-state index contributed by atoms with van der Waals surface area (Å²) in [5, 5.41) is 11.0. The first-order valence-corrected chi connectivity index (χ1v) is 6.55. The minimum Gasteiger partial charge on any atom is -0.372 e. The van der Waals surface area contributed by atoms with Crippen LogP contribution < -0.4 is 5.32 Å². The van der Waals surface area contributed by atoms with Crippen LogP contribution in [0.3, 0.4) is 0 Å². The van der Waals surface area contributed by atoms with Crippen molar-refractivity contribution in [1.29, 1.82) is 0 Å². The van der Waals surface area contributed by atoms with Crippen LogP contribution in [0.25, 0.3) is 11.1 Å². The van der Waals surface area contributed by atoms with Gasteiger partial charge >= 0.3 is 0 Å². The Morgan fingerprint density at radius 1 is 1.32 bits per heavy atom. The monoisotopic (exact) mass is 255 g/mol. The first-order valence-electron chi connectivity index (χ1n) is 6.55. The number of rotatable bonds is 3. The third-order valence-corrected chi connectivity index (χ3v) is 3.52. The number of hydrogen-bond acceptors (Lipinski definition) is 4. The molecule has 2 aromatic rings. The zero-order valence-corrected chi connectivity index (χ0v) is 11.0. The van der Waals surface area contributed by atoms with Crippen LogP contribution in [0.1, 0.15) is 17.2 Å². The molecule has 0 amide bonds. The van der Waals surface area contributed by atoms with E-state index in [1.807, 2.05) is 19.3 Å². The molecule has 4 heteroatoms. The molecule has 98 valence electrons. The minimum atomic E-state index is 0.142. The van der Waals surface area contributed by atoms with E-state index in [2.05, 4.69) is 33.7 Å². The lowest BCUT2D eigenvalue weighted by molar-refractivity contribution is 0.0440. The van der Waals surface area contributed by atoms with Crippen molar-refractivity contribution in [3.05, 3.63) is 47.8 Å². The first kappa shape index (κ1) is 12.3. The molecule has 0 radical (unpaired) electrons. The average Bonchev–Trinajstić information content (AvgIpc) is 2.48. The normalized spacial score (nSPS) is 18.1. The zero-order chi connectivity index (χ0) is 13.1. The van der Waals surface area contributed by atoms with Crippen LogP contribution in [0.15, 0.2) is 36.7 Å². The fourth-order valence-corrected chi connectivity index (χ4v) is 2.65. The topological polar surface area (TPSA) is 47.0 Å². The Kier molecular flexibility index (Phi) is 3.53. The molecule has 0 spiro atoms. The molecule has 0 aliphatic carbocycles. The van der Waals surface area contributed by atoms with Crippen LogP contribution in [0.5, 0.6) is 0 Å². The highest BCUT2D eigenvalue weighted by Gasteiger charge is 2.22. The fraction of sp³-hybridized carbons (Fsp3) is 0.333. The minimum absolute atomic E-state index is 0.142. The second-order valence-corrected chi connectivity index (χ2v) is 4.67. The number of benzene rings is 1. The molecule has 1 aromatic carbocycles. The zero-order valence-electron chi connectivity index (χ0n) is 11.0. The molecule has 0 saturated carbocycles. The summed E-state index contributed by atoms with van der Waals surface area (Å²) in [6.45, 7) is 1.61. The summed E-state index contributed by atoms with van der Waals surface area (Å²) < 4.78 is 5.85. The maximum Gasteiger partial charge on any atom is 0.0952 e. The molecule has 0 bridgehead atoms. The molecule has 4 nitrogen and oxygen atoms in total. The Bertz CT molecular complexity index is 557. The van der Waals surface area contributed by atoms with Gasteiger partial charge in [-0.2, -0.15) is 10.2 Å². The summed E-state index contributed by atoms with van der Waals surface area (Å²) in [6, 6.07) is 8.41. The molecule has 1 aliphatic heterocycles. The van der Waals surface area contributed by atoms with Crippen molar-refractivity contribution in [2.45, 2.75) is 12.5 Å². The highest BCUT2D eigenvalue weighted by Crippen LogP contribution is 2.33. The SMILES string of the molecule is CNC[C@H]1OCCc2c(-c3ccnnc3)cccc21. The predicted octanol–water partition coefficient (Wildman–Crippen LogP) is 1.98. The van der Waals surface area contributed by atoms with E-state index in [1.54, 1.807) is 6.20 Å². The Morgan fingerprint density at radius 3 is 3.05 bits per heavy atom. The molecule has 1 aromatic heterocycles. The summed E-state index contributed by atoms with van der Waals surface area (Å²) >= 11 is 0. The van der Waals surface area contributed by atoms with Crippen molar-refractivity contribution in [3.8, 4) is 11.1 Å². The van der Waals surface area contributed by atoms with Crippen molar-refractivity contribution in [3.63, 3.8) is 0 Å². The van der Waals surface area contributed by atoms with Crippen LogP contribution in [0.2, 0.25) is 0 Å². The lowest BCUT2D eigenvalue weighted by Gasteiger charge is -2.27. The van der Waals surface area contributed by atoms with Crippen LogP contribution in [0, 0.1) is 0 Å². The molecule has 2 heterocycles. The average molecular weight is 255 g/mol. The highest BCUT2D eigenvalue weighted by molar-refractivity contribution is 5.68. The summed E-state index contributed by atoms with van der Waals surface area (Å²) in [5.74, 6) is 0. The molecule has 0 saturated heterocycles. The molecule has 0 fully saturated rings. The summed E-state index contributed by atoms with van der Waals surface area (Å²) in [4.78, 5) is 0.